The largest absolute Gasteiger partial charge is 0.396 e. The zero-order chi connectivity index (χ0) is 13.8. The summed E-state index contributed by atoms with van der Waals surface area (Å²) in [5, 5.41) is 16.7. The molecule has 0 spiro atoms. The highest BCUT2D eigenvalue weighted by molar-refractivity contribution is 5.31. The van der Waals surface area contributed by atoms with Gasteiger partial charge in [0.15, 0.2) is 0 Å². The summed E-state index contributed by atoms with van der Waals surface area (Å²) >= 11 is 0. The number of rotatable bonds is 4. The molecule has 1 heterocycles. The summed E-state index contributed by atoms with van der Waals surface area (Å²) in [6.45, 7) is 3.46. The lowest BCUT2D eigenvalue weighted by Gasteiger charge is -2.24. The van der Waals surface area contributed by atoms with Gasteiger partial charge in [0.05, 0.1) is 0 Å². The van der Waals surface area contributed by atoms with Gasteiger partial charge in [-0.25, -0.2) is 0 Å². The smallest absolute Gasteiger partial charge is 0.0462 e. The van der Waals surface area contributed by atoms with Crippen LogP contribution in [0.4, 0.5) is 0 Å². The highest BCUT2D eigenvalue weighted by Crippen LogP contribution is 2.32. The number of hydrogen-bond acceptors (Lipinski definition) is 3. The Morgan fingerprint density at radius 1 is 1.15 bits per heavy atom. The van der Waals surface area contributed by atoms with Gasteiger partial charge in [-0.2, -0.15) is 0 Å². The fourth-order valence-electron chi connectivity index (χ4n) is 3.79. The molecule has 1 saturated carbocycles. The third-order valence-electron chi connectivity index (χ3n) is 5.03. The van der Waals surface area contributed by atoms with E-state index in [4.69, 9.17) is 0 Å². The Labute approximate surface area is 121 Å². The van der Waals surface area contributed by atoms with E-state index < -0.39 is 0 Å². The molecule has 2 aliphatic rings. The number of fused-ring (bicyclic) bond motifs is 1. The van der Waals surface area contributed by atoms with Gasteiger partial charge in [0.1, 0.15) is 0 Å². The predicted octanol–water partition coefficient (Wildman–Crippen LogP) is 2.22. The fourth-order valence-corrected chi connectivity index (χ4v) is 3.79. The molecule has 1 fully saturated rings. The van der Waals surface area contributed by atoms with E-state index in [0.717, 1.165) is 26.1 Å². The second-order valence-corrected chi connectivity index (χ2v) is 6.26. The lowest BCUT2D eigenvalue weighted by atomic mass is 9.95. The highest BCUT2D eigenvalue weighted by atomic mass is 16.3. The lowest BCUT2D eigenvalue weighted by molar-refractivity contribution is 0.190. The van der Waals surface area contributed by atoms with Crippen molar-refractivity contribution >= 4 is 0 Å². The van der Waals surface area contributed by atoms with Crippen molar-refractivity contribution in [2.24, 2.45) is 11.8 Å². The third kappa shape index (κ3) is 3.05. The minimum atomic E-state index is 0.356. The van der Waals surface area contributed by atoms with Gasteiger partial charge in [-0.05, 0) is 55.3 Å². The molecule has 3 N–H and O–H groups in total. The van der Waals surface area contributed by atoms with Gasteiger partial charge in [-0.3, -0.25) is 0 Å². The number of benzene rings is 1. The van der Waals surface area contributed by atoms with Crippen molar-refractivity contribution in [2.45, 2.75) is 38.3 Å². The minimum absolute atomic E-state index is 0.356. The summed E-state index contributed by atoms with van der Waals surface area (Å²) in [5.74, 6) is 1.17. The average molecular weight is 274 g/mol. The van der Waals surface area contributed by atoms with Crippen LogP contribution < -0.4 is 10.6 Å². The molecule has 110 valence electrons. The lowest BCUT2D eigenvalue weighted by Crippen LogP contribution is -2.31. The molecule has 1 aliphatic heterocycles. The Kier molecular flexibility index (Phi) is 4.71. The Bertz CT molecular complexity index is 435. The second kappa shape index (κ2) is 6.70. The summed E-state index contributed by atoms with van der Waals surface area (Å²) in [4.78, 5) is 0. The van der Waals surface area contributed by atoms with E-state index in [1.54, 1.807) is 0 Å². The average Bonchev–Trinajstić information content (AvgIpc) is 2.85. The molecule has 1 aliphatic carbocycles. The van der Waals surface area contributed by atoms with Crippen molar-refractivity contribution < 1.29 is 5.11 Å². The van der Waals surface area contributed by atoms with Crippen LogP contribution in [0, 0.1) is 11.8 Å². The van der Waals surface area contributed by atoms with E-state index in [2.05, 4.69) is 34.9 Å². The topological polar surface area (TPSA) is 44.3 Å². The summed E-state index contributed by atoms with van der Waals surface area (Å²) in [6.07, 6.45) is 4.89. The zero-order valence-corrected chi connectivity index (χ0v) is 12.1. The molecule has 0 radical (unpaired) electrons. The Balaban J connectivity index is 1.65. The molecule has 3 nitrogen and oxygen atoms in total. The van der Waals surface area contributed by atoms with E-state index in [-0.39, 0.29) is 0 Å². The molecule has 0 bridgehead atoms. The quantitative estimate of drug-likeness (QED) is 0.789. The van der Waals surface area contributed by atoms with Crippen LogP contribution in [0.25, 0.3) is 0 Å². The van der Waals surface area contributed by atoms with Crippen LogP contribution in [-0.2, 0) is 6.54 Å². The van der Waals surface area contributed by atoms with Crippen molar-refractivity contribution in [3.63, 3.8) is 0 Å². The first-order valence-electron chi connectivity index (χ1n) is 8.01. The maximum absolute atomic E-state index is 9.44. The first kappa shape index (κ1) is 14.1. The summed E-state index contributed by atoms with van der Waals surface area (Å²) in [7, 11) is 0. The van der Waals surface area contributed by atoms with Gasteiger partial charge in [-0.15, -0.1) is 0 Å². The molecule has 0 amide bonds. The first-order valence-corrected chi connectivity index (χ1v) is 8.01. The van der Waals surface area contributed by atoms with Gasteiger partial charge >= 0.3 is 0 Å². The van der Waals surface area contributed by atoms with Crippen molar-refractivity contribution in [3.8, 4) is 0 Å². The van der Waals surface area contributed by atoms with Gasteiger partial charge in [0.25, 0.3) is 0 Å². The van der Waals surface area contributed by atoms with Crippen molar-refractivity contribution in [3.05, 3.63) is 35.4 Å². The Morgan fingerprint density at radius 2 is 2.00 bits per heavy atom. The van der Waals surface area contributed by atoms with Crippen LogP contribution in [0.15, 0.2) is 24.3 Å². The monoisotopic (exact) mass is 274 g/mol. The second-order valence-electron chi connectivity index (χ2n) is 6.26. The summed E-state index contributed by atoms with van der Waals surface area (Å²) in [5.41, 5.74) is 2.88. The molecule has 1 aromatic carbocycles. The molecular formula is C17H26N2O. The maximum Gasteiger partial charge on any atom is 0.0462 e. The number of aliphatic hydroxyl groups is 1. The van der Waals surface area contributed by atoms with Crippen LogP contribution in [0.5, 0.6) is 0 Å². The van der Waals surface area contributed by atoms with Crippen LogP contribution >= 0.6 is 0 Å². The van der Waals surface area contributed by atoms with E-state index in [9.17, 15) is 5.11 Å². The molecule has 3 atom stereocenters. The molecule has 0 aromatic heterocycles. The zero-order valence-electron chi connectivity index (χ0n) is 12.1. The maximum atomic E-state index is 9.44. The van der Waals surface area contributed by atoms with Gasteiger partial charge in [-0.1, -0.05) is 30.7 Å². The Morgan fingerprint density at radius 3 is 2.90 bits per heavy atom. The molecule has 0 saturated heterocycles. The molecular weight excluding hydrogens is 248 g/mol. The van der Waals surface area contributed by atoms with E-state index in [1.807, 2.05) is 0 Å². The number of hydrogen-bond donors (Lipinski definition) is 3. The highest BCUT2D eigenvalue weighted by Gasteiger charge is 2.27. The van der Waals surface area contributed by atoms with Gasteiger partial charge in [0, 0.05) is 19.2 Å². The van der Waals surface area contributed by atoms with Gasteiger partial charge < -0.3 is 15.7 Å². The van der Waals surface area contributed by atoms with Crippen LogP contribution in [-0.4, -0.2) is 24.8 Å². The van der Waals surface area contributed by atoms with Crippen LogP contribution in [0.1, 0.15) is 42.9 Å². The minimum Gasteiger partial charge on any atom is -0.396 e. The van der Waals surface area contributed by atoms with E-state index in [1.165, 1.54) is 30.4 Å². The summed E-state index contributed by atoms with van der Waals surface area (Å²) < 4.78 is 0. The fraction of sp³-hybridized carbons (Fsp3) is 0.647. The van der Waals surface area contributed by atoms with E-state index >= 15 is 0 Å². The van der Waals surface area contributed by atoms with Crippen molar-refractivity contribution in [1.82, 2.24) is 10.6 Å². The molecule has 20 heavy (non-hydrogen) atoms. The van der Waals surface area contributed by atoms with Crippen molar-refractivity contribution in [1.29, 1.82) is 0 Å². The normalized spacial score (nSPS) is 29.9. The van der Waals surface area contributed by atoms with Crippen LogP contribution in [0.3, 0.4) is 0 Å². The standard InChI is InChI=1S/C17H26N2O/c20-12-15-6-3-5-13(15)11-19-17-8-9-18-10-14-4-1-2-7-16(14)17/h1-2,4,7,13,15,17-20H,3,5-6,8-12H2. The number of nitrogens with one attached hydrogen (secondary N) is 2. The SMILES string of the molecule is OCC1CCCC1CNC1CCNCc2ccccc21. The predicted molar refractivity (Wildman–Crippen MR) is 81.4 cm³/mol. The van der Waals surface area contributed by atoms with E-state index in [0.29, 0.717) is 24.5 Å². The number of aliphatic hydroxyl groups excluding tert-OH is 1. The molecule has 3 unspecified atom stereocenters. The molecule has 3 rings (SSSR count). The van der Waals surface area contributed by atoms with Crippen LogP contribution in [0.2, 0.25) is 0 Å². The van der Waals surface area contributed by atoms with Gasteiger partial charge in [0.2, 0.25) is 0 Å². The first-order chi connectivity index (χ1) is 9.88. The molecule has 1 aromatic rings. The molecule has 3 heteroatoms. The third-order valence-corrected chi connectivity index (χ3v) is 5.03. The van der Waals surface area contributed by atoms with Crippen molar-refractivity contribution in [2.75, 3.05) is 19.7 Å². The summed E-state index contributed by atoms with van der Waals surface area (Å²) in [6, 6.07) is 9.22. The Hall–Kier alpha value is -0.900.